The van der Waals surface area contributed by atoms with Crippen LogP contribution in [0.15, 0.2) is 72.1 Å². The molecule has 0 aromatic heterocycles. The third kappa shape index (κ3) is 4.98. The second kappa shape index (κ2) is 10.6. The summed E-state index contributed by atoms with van der Waals surface area (Å²) in [6, 6.07) is 19.2. The molecule has 4 rings (SSSR count). The lowest BCUT2D eigenvalue weighted by atomic mass is 9.83. The number of fused-ring (bicyclic) bond motifs is 1. The van der Waals surface area contributed by atoms with Crippen molar-refractivity contribution in [2.24, 2.45) is 5.73 Å². The van der Waals surface area contributed by atoms with Gasteiger partial charge in [-0.2, -0.15) is 5.26 Å². The van der Waals surface area contributed by atoms with E-state index in [-0.39, 0.29) is 23.8 Å². The number of carbonyl (C=O) groups excluding carboxylic acids is 1. The van der Waals surface area contributed by atoms with E-state index < -0.39 is 11.9 Å². The average Bonchev–Trinajstić information content (AvgIpc) is 2.91. The molecule has 0 aliphatic carbocycles. The van der Waals surface area contributed by atoms with Crippen LogP contribution >= 0.6 is 0 Å². The van der Waals surface area contributed by atoms with E-state index in [0.29, 0.717) is 39.9 Å². The molecule has 0 amide bonds. The Bertz CT molecular complexity index is 1340. The van der Waals surface area contributed by atoms with Crippen molar-refractivity contribution in [2.75, 3.05) is 27.9 Å². The maximum atomic E-state index is 12.4. The highest BCUT2D eigenvalue weighted by Gasteiger charge is 2.33. The molecule has 0 spiro atoms. The monoisotopic (exact) mass is 488 g/mol. The number of ether oxygens (including phenoxy) is 6. The summed E-state index contributed by atoms with van der Waals surface area (Å²) in [7, 11) is 4.66. The van der Waals surface area contributed by atoms with Crippen LogP contribution in [0.5, 0.6) is 34.5 Å². The quantitative estimate of drug-likeness (QED) is 0.371. The summed E-state index contributed by atoms with van der Waals surface area (Å²) in [6.45, 7) is -0.295. The number of methoxy groups -OCH3 is 3. The van der Waals surface area contributed by atoms with Crippen LogP contribution in [0.25, 0.3) is 0 Å². The van der Waals surface area contributed by atoms with Gasteiger partial charge in [-0.25, -0.2) is 4.79 Å². The number of rotatable bonds is 8. The van der Waals surface area contributed by atoms with Crippen molar-refractivity contribution in [1.29, 1.82) is 5.26 Å². The van der Waals surface area contributed by atoms with Crippen molar-refractivity contribution >= 4 is 5.97 Å². The Morgan fingerprint density at radius 2 is 1.53 bits per heavy atom. The summed E-state index contributed by atoms with van der Waals surface area (Å²) in [4.78, 5) is 12.4. The van der Waals surface area contributed by atoms with Crippen LogP contribution < -0.4 is 34.2 Å². The highest BCUT2D eigenvalue weighted by Crippen LogP contribution is 2.46. The zero-order chi connectivity index (χ0) is 25.7. The van der Waals surface area contributed by atoms with Crippen LogP contribution in [0.2, 0.25) is 0 Å². The van der Waals surface area contributed by atoms with Crippen LogP contribution in [0, 0.1) is 11.3 Å². The van der Waals surface area contributed by atoms with Gasteiger partial charge in [-0.1, -0.05) is 12.1 Å². The van der Waals surface area contributed by atoms with Gasteiger partial charge < -0.3 is 34.2 Å². The molecule has 1 aliphatic heterocycles. The first-order valence-corrected chi connectivity index (χ1v) is 10.9. The molecule has 1 aliphatic rings. The Morgan fingerprint density at radius 3 is 2.19 bits per heavy atom. The maximum absolute atomic E-state index is 12.4. The van der Waals surface area contributed by atoms with Crippen molar-refractivity contribution < 1.29 is 33.2 Å². The number of nitrogens with zero attached hydrogens (tertiary/aromatic N) is 1. The van der Waals surface area contributed by atoms with Gasteiger partial charge in [-0.3, -0.25) is 0 Å². The van der Waals surface area contributed by atoms with Crippen molar-refractivity contribution in [3.05, 3.63) is 83.2 Å². The average molecular weight is 488 g/mol. The van der Waals surface area contributed by atoms with Crippen LogP contribution in [0.3, 0.4) is 0 Å². The predicted molar refractivity (Wildman–Crippen MR) is 129 cm³/mol. The Hall–Kier alpha value is -4.84. The van der Waals surface area contributed by atoms with E-state index in [1.807, 2.05) is 6.07 Å². The minimum absolute atomic E-state index is 0.0424. The summed E-state index contributed by atoms with van der Waals surface area (Å²) in [5, 5.41) is 9.82. The smallest absolute Gasteiger partial charge is 0.349 e. The maximum Gasteiger partial charge on any atom is 0.349 e. The molecule has 3 aromatic carbocycles. The first kappa shape index (κ1) is 24.3. The second-order valence-electron chi connectivity index (χ2n) is 7.67. The van der Waals surface area contributed by atoms with Crippen molar-refractivity contribution in [3.8, 4) is 40.6 Å². The summed E-state index contributed by atoms with van der Waals surface area (Å²) in [5.74, 6) is 1.72. The van der Waals surface area contributed by atoms with Gasteiger partial charge in [0.15, 0.2) is 6.61 Å². The molecule has 1 unspecified atom stereocenters. The fourth-order valence-electron chi connectivity index (χ4n) is 3.85. The fourth-order valence-corrected chi connectivity index (χ4v) is 3.85. The van der Waals surface area contributed by atoms with E-state index in [1.165, 1.54) is 7.11 Å². The van der Waals surface area contributed by atoms with Crippen molar-refractivity contribution in [3.63, 3.8) is 0 Å². The molecular formula is C27H24N2O7. The molecule has 9 heteroatoms. The number of allylic oxidation sites excluding steroid dienone is 1. The number of nitriles is 1. The Kier molecular flexibility index (Phi) is 7.16. The molecule has 1 heterocycles. The molecule has 2 N–H and O–H groups in total. The Balaban J connectivity index is 1.56. The largest absolute Gasteiger partial charge is 0.497 e. The molecule has 0 fully saturated rings. The third-order valence-electron chi connectivity index (χ3n) is 5.59. The standard InChI is InChI=1S/C27H24N2O7/c1-31-16-4-6-17(7-5-16)34-15-25(30)35-19-9-11-21-24(13-19)36-27(29)22(14-28)26(21)20-10-8-18(32-2)12-23(20)33-3/h4-13,26H,15,29H2,1-3H3. The van der Waals surface area contributed by atoms with E-state index in [2.05, 4.69) is 6.07 Å². The molecule has 0 radical (unpaired) electrons. The number of benzene rings is 3. The number of hydrogen-bond acceptors (Lipinski definition) is 9. The third-order valence-corrected chi connectivity index (χ3v) is 5.59. The normalized spacial score (nSPS) is 14.1. The van der Waals surface area contributed by atoms with Crippen LogP contribution in [-0.4, -0.2) is 33.9 Å². The predicted octanol–water partition coefficient (Wildman–Crippen LogP) is 3.91. The molecule has 36 heavy (non-hydrogen) atoms. The minimum atomic E-state index is -0.601. The Morgan fingerprint density at radius 1 is 0.889 bits per heavy atom. The van der Waals surface area contributed by atoms with Gasteiger partial charge >= 0.3 is 5.97 Å². The SMILES string of the molecule is COc1ccc(OCC(=O)Oc2ccc3c(c2)OC(N)=C(C#N)C3c2ccc(OC)cc2OC)cc1. The summed E-state index contributed by atoms with van der Waals surface area (Å²) >= 11 is 0. The fraction of sp³-hybridized carbons (Fsp3) is 0.185. The first-order chi connectivity index (χ1) is 17.5. The Labute approximate surface area is 208 Å². The molecule has 184 valence electrons. The van der Waals surface area contributed by atoms with E-state index in [4.69, 9.17) is 34.2 Å². The van der Waals surface area contributed by atoms with Gasteiger partial charge in [0.05, 0.1) is 27.2 Å². The van der Waals surface area contributed by atoms with E-state index in [1.54, 1.807) is 68.8 Å². The number of hydrogen-bond donors (Lipinski definition) is 1. The van der Waals surface area contributed by atoms with Gasteiger partial charge in [0.1, 0.15) is 46.1 Å². The van der Waals surface area contributed by atoms with Gasteiger partial charge in [-0.05, 0) is 36.4 Å². The van der Waals surface area contributed by atoms with E-state index >= 15 is 0 Å². The van der Waals surface area contributed by atoms with Gasteiger partial charge in [0, 0.05) is 23.3 Å². The molecule has 0 saturated heterocycles. The lowest BCUT2D eigenvalue weighted by Crippen LogP contribution is -2.22. The second-order valence-corrected chi connectivity index (χ2v) is 7.67. The molecule has 9 nitrogen and oxygen atoms in total. The number of nitrogens with two attached hydrogens (primary N) is 1. The van der Waals surface area contributed by atoms with Crippen molar-refractivity contribution in [2.45, 2.75) is 5.92 Å². The van der Waals surface area contributed by atoms with Crippen LogP contribution in [0.4, 0.5) is 0 Å². The number of carbonyl (C=O) groups is 1. The lowest BCUT2D eigenvalue weighted by molar-refractivity contribution is -0.136. The summed E-state index contributed by atoms with van der Waals surface area (Å²) in [5.41, 5.74) is 7.71. The zero-order valence-corrected chi connectivity index (χ0v) is 19.9. The highest BCUT2D eigenvalue weighted by atomic mass is 16.6. The topological polar surface area (TPSA) is 122 Å². The minimum Gasteiger partial charge on any atom is -0.497 e. The summed E-state index contributed by atoms with van der Waals surface area (Å²) in [6.07, 6.45) is 0. The molecular weight excluding hydrogens is 464 g/mol. The first-order valence-electron chi connectivity index (χ1n) is 10.9. The van der Waals surface area contributed by atoms with E-state index in [9.17, 15) is 10.1 Å². The summed E-state index contributed by atoms with van der Waals surface area (Å²) < 4.78 is 32.5. The van der Waals surface area contributed by atoms with Gasteiger partial charge in [0.2, 0.25) is 5.88 Å². The molecule has 3 aromatic rings. The van der Waals surface area contributed by atoms with Crippen molar-refractivity contribution in [1.82, 2.24) is 0 Å². The zero-order valence-electron chi connectivity index (χ0n) is 19.9. The molecule has 1 atom stereocenters. The van der Waals surface area contributed by atoms with Gasteiger partial charge in [0.25, 0.3) is 0 Å². The van der Waals surface area contributed by atoms with Crippen LogP contribution in [-0.2, 0) is 4.79 Å². The van der Waals surface area contributed by atoms with E-state index in [0.717, 1.165) is 0 Å². The molecule has 0 saturated carbocycles. The molecule has 0 bridgehead atoms. The van der Waals surface area contributed by atoms with Gasteiger partial charge in [-0.15, -0.1) is 0 Å². The lowest BCUT2D eigenvalue weighted by Gasteiger charge is -2.27. The number of esters is 1. The highest BCUT2D eigenvalue weighted by molar-refractivity contribution is 5.74. The van der Waals surface area contributed by atoms with Crippen LogP contribution in [0.1, 0.15) is 17.0 Å².